The molecule has 0 spiro atoms. The van der Waals surface area contributed by atoms with E-state index in [1.54, 1.807) is 12.3 Å². The first-order chi connectivity index (χ1) is 7.66. The highest BCUT2D eigenvalue weighted by atomic mass is 79.9. The Morgan fingerprint density at radius 2 is 2.38 bits per heavy atom. The van der Waals surface area contributed by atoms with Crippen LogP contribution in [0, 0.1) is 5.92 Å². The summed E-state index contributed by atoms with van der Waals surface area (Å²) < 4.78 is 0.890. The highest BCUT2D eigenvalue weighted by molar-refractivity contribution is 9.10. The van der Waals surface area contributed by atoms with Crippen molar-refractivity contribution in [2.24, 2.45) is 11.7 Å². The predicted molar refractivity (Wildman–Crippen MR) is 64.6 cm³/mol. The highest BCUT2D eigenvalue weighted by Gasteiger charge is 2.25. The molecule has 1 fully saturated rings. The second-order valence-corrected chi connectivity index (χ2v) is 5.00. The number of rotatable bonds is 5. The molecule has 1 aromatic heterocycles. The Morgan fingerprint density at radius 1 is 1.62 bits per heavy atom. The van der Waals surface area contributed by atoms with Gasteiger partial charge in [0.15, 0.2) is 0 Å². The van der Waals surface area contributed by atoms with Crippen LogP contribution in [0.2, 0.25) is 0 Å². The molecule has 1 aliphatic carbocycles. The monoisotopic (exact) mass is 283 g/mol. The van der Waals surface area contributed by atoms with Crippen LogP contribution in [-0.2, 0) is 4.79 Å². The summed E-state index contributed by atoms with van der Waals surface area (Å²) in [5.41, 5.74) is 6.04. The molecule has 1 amide bonds. The molecule has 86 valence electrons. The lowest BCUT2D eigenvalue weighted by Crippen LogP contribution is -2.35. The molecule has 4 nitrogen and oxygen atoms in total. The summed E-state index contributed by atoms with van der Waals surface area (Å²) in [5.74, 6) is 0.327. The van der Waals surface area contributed by atoms with Crippen LogP contribution in [0.4, 0.5) is 0 Å². The second-order valence-electron chi connectivity index (χ2n) is 4.09. The van der Waals surface area contributed by atoms with E-state index in [4.69, 9.17) is 5.73 Å². The van der Waals surface area contributed by atoms with Gasteiger partial charge in [-0.15, -0.1) is 0 Å². The summed E-state index contributed by atoms with van der Waals surface area (Å²) in [6.45, 7) is 0.839. The zero-order chi connectivity index (χ0) is 11.5. The number of nitrogens with two attached hydrogens (primary N) is 1. The molecule has 1 atom stereocenters. The minimum Gasteiger partial charge on any atom is -0.368 e. The van der Waals surface area contributed by atoms with Gasteiger partial charge in [-0.2, -0.15) is 0 Å². The molecule has 0 aliphatic heterocycles. The van der Waals surface area contributed by atoms with Gasteiger partial charge in [0.2, 0.25) is 5.91 Å². The van der Waals surface area contributed by atoms with Crippen molar-refractivity contribution in [2.45, 2.75) is 18.9 Å². The molecule has 1 aliphatic rings. The zero-order valence-corrected chi connectivity index (χ0v) is 10.4. The first-order valence-electron chi connectivity index (χ1n) is 5.31. The van der Waals surface area contributed by atoms with Gasteiger partial charge in [0.25, 0.3) is 0 Å². The summed E-state index contributed by atoms with van der Waals surface area (Å²) >= 11 is 3.30. The number of hydrogen-bond donors (Lipinski definition) is 2. The van der Waals surface area contributed by atoms with Crippen molar-refractivity contribution in [3.63, 3.8) is 0 Å². The molecule has 1 aromatic rings. The SMILES string of the molecule is NC(=O)C(NCC1CC1)c1ccc(Br)cn1. The molecule has 0 bridgehead atoms. The third-order valence-corrected chi connectivity index (χ3v) is 3.11. The van der Waals surface area contributed by atoms with Crippen LogP contribution in [-0.4, -0.2) is 17.4 Å². The summed E-state index contributed by atoms with van der Waals surface area (Å²) in [6.07, 6.45) is 4.16. The fraction of sp³-hybridized carbons (Fsp3) is 0.455. The summed E-state index contributed by atoms with van der Waals surface area (Å²) in [7, 11) is 0. The van der Waals surface area contributed by atoms with E-state index < -0.39 is 6.04 Å². The fourth-order valence-electron chi connectivity index (χ4n) is 1.52. The highest BCUT2D eigenvalue weighted by Crippen LogP contribution is 2.28. The number of amides is 1. The van der Waals surface area contributed by atoms with Crippen LogP contribution in [0.1, 0.15) is 24.6 Å². The minimum absolute atomic E-state index is 0.379. The Morgan fingerprint density at radius 3 is 2.88 bits per heavy atom. The Kier molecular flexibility index (Phi) is 3.56. The predicted octanol–water partition coefficient (Wildman–Crippen LogP) is 1.37. The maximum atomic E-state index is 11.3. The van der Waals surface area contributed by atoms with E-state index in [1.807, 2.05) is 6.07 Å². The average molecular weight is 284 g/mol. The van der Waals surface area contributed by atoms with Crippen molar-refractivity contribution in [3.8, 4) is 0 Å². The molecular weight excluding hydrogens is 270 g/mol. The molecule has 1 unspecified atom stereocenters. The lowest BCUT2D eigenvalue weighted by atomic mass is 10.1. The first kappa shape index (κ1) is 11.5. The molecule has 2 rings (SSSR count). The minimum atomic E-state index is -0.478. The van der Waals surface area contributed by atoms with Crippen molar-refractivity contribution < 1.29 is 4.79 Å². The molecule has 1 heterocycles. The maximum absolute atomic E-state index is 11.3. The van der Waals surface area contributed by atoms with Crippen LogP contribution in [0.15, 0.2) is 22.8 Å². The Labute approximate surface area is 103 Å². The Balaban J connectivity index is 2.04. The van der Waals surface area contributed by atoms with E-state index in [1.165, 1.54) is 12.8 Å². The molecule has 0 saturated heterocycles. The van der Waals surface area contributed by atoms with Crippen molar-refractivity contribution in [1.29, 1.82) is 0 Å². The van der Waals surface area contributed by atoms with E-state index in [9.17, 15) is 4.79 Å². The average Bonchev–Trinajstić information content (AvgIpc) is 3.04. The summed E-state index contributed by atoms with van der Waals surface area (Å²) in [4.78, 5) is 15.5. The Hall–Kier alpha value is -0.940. The zero-order valence-electron chi connectivity index (χ0n) is 8.82. The van der Waals surface area contributed by atoms with Crippen LogP contribution in [0.25, 0.3) is 0 Å². The first-order valence-corrected chi connectivity index (χ1v) is 6.10. The number of aromatic nitrogens is 1. The quantitative estimate of drug-likeness (QED) is 0.858. The van der Waals surface area contributed by atoms with Gasteiger partial charge in [-0.1, -0.05) is 0 Å². The molecule has 5 heteroatoms. The third kappa shape index (κ3) is 3.02. The number of primary amides is 1. The normalized spacial score (nSPS) is 17.1. The molecule has 0 aromatic carbocycles. The Bertz CT molecular complexity index is 375. The molecular formula is C11H14BrN3O. The van der Waals surface area contributed by atoms with Gasteiger partial charge in [0, 0.05) is 10.7 Å². The molecule has 0 radical (unpaired) electrons. The number of halogens is 1. The summed E-state index contributed by atoms with van der Waals surface area (Å²) in [6, 6.07) is 3.19. The topological polar surface area (TPSA) is 68.0 Å². The number of carbonyl (C=O) groups is 1. The van der Waals surface area contributed by atoms with E-state index >= 15 is 0 Å². The third-order valence-electron chi connectivity index (χ3n) is 2.64. The smallest absolute Gasteiger partial charge is 0.240 e. The van der Waals surface area contributed by atoms with E-state index in [0.717, 1.165) is 11.0 Å². The second kappa shape index (κ2) is 4.93. The lowest BCUT2D eigenvalue weighted by molar-refractivity contribution is -0.120. The van der Waals surface area contributed by atoms with Crippen molar-refractivity contribution in [3.05, 3.63) is 28.5 Å². The number of hydrogen-bond acceptors (Lipinski definition) is 3. The fourth-order valence-corrected chi connectivity index (χ4v) is 1.75. The number of pyridine rings is 1. The number of nitrogens with one attached hydrogen (secondary N) is 1. The van der Waals surface area contributed by atoms with Gasteiger partial charge in [-0.3, -0.25) is 9.78 Å². The lowest BCUT2D eigenvalue weighted by Gasteiger charge is -2.14. The van der Waals surface area contributed by atoms with Crippen LogP contribution in [0.5, 0.6) is 0 Å². The van der Waals surface area contributed by atoms with Crippen molar-refractivity contribution >= 4 is 21.8 Å². The largest absolute Gasteiger partial charge is 0.368 e. The van der Waals surface area contributed by atoms with Crippen LogP contribution >= 0.6 is 15.9 Å². The van der Waals surface area contributed by atoms with Crippen molar-refractivity contribution in [2.75, 3.05) is 6.54 Å². The van der Waals surface area contributed by atoms with E-state index in [-0.39, 0.29) is 5.91 Å². The standard InChI is InChI=1S/C11H14BrN3O/c12-8-3-4-9(14-6-8)10(11(13)16)15-5-7-1-2-7/h3-4,6-7,10,15H,1-2,5H2,(H2,13,16). The van der Waals surface area contributed by atoms with Crippen LogP contribution in [0.3, 0.4) is 0 Å². The number of carbonyl (C=O) groups excluding carboxylic acids is 1. The molecule has 16 heavy (non-hydrogen) atoms. The van der Waals surface area contributed by atoms with Crippen LogP contribution < -0.4 is 11.1 Å². The maximum Gasteiger partial charge on any atom is 0.240 e. The van der Waals surface area contributed by atoms with Gasteiger partial charge < -0.3 is 11.1 Å². The van der Waals surface area contributed by atoms with Gasteiger partial charge in [-0.25, -0.2) is 0 Å². The van der Waals surface area contributed by atoms with Gasteiger partial charge in [0.1, 0.15) is 6.04 Å². The van der Waals surface area contributed by atoms with E-state index in [2.05, 4.69) is 26.2 Å². The van der Waals surface area contributed by atoms with E-state index in [0.29, 0.717) is 11.6 Å². The summed E-state index contributed by atoms with van der Waals surface area (Å²) in [5, 5.41) is 3.16. The van der Waals surface area contributed by atoms with Gasteiger partial charge in [-0.05, 0) is 53.4 Å². The van der Waals surface area contributed by atoms with Gasteiger partial charge >= 0.3 is 0 Å². The molecule has 1 saturated carbocycles. The number of nitrogens with zero attached hydrogens (tertiary/aromatic N) is 1. The van der Waals surface area contributed by atoms with Crippen molar-refractivity contribution in [1.82, 2.24) is 10.3 Å². The van der Waals surface area contributed by atoms with Gasteiger partial charge in [0.05, 0.1) is 5.69 Å². The molecule has 3 N–H and O–H groups in total.